The van der Waals surface area contributed by atoms with E-state index >= 15 is 0 Å². The molecule has 0 radical (unpaired) electrons. The molecule has 0 aliphatic carbocycles. The van der Waals surface area contributed by atoms with Gasteiger partial charge in [0, 0.05) is 30.9 Å². The lowest BCUT2D eigenvalue weighted by molar-refractivity contribution is -0.114. The third kappa shape index (κ3) is 4.75. The van der Waals surface area contributed by atoms with E-state index < -0.39 is 0 Å². The molecule has 0 saturated carbocycles. The van der Waals surface area contributed by atoms with Crippen molar-refractivity contribution in [3.8, 4) is 0 Å². The summed E-state index contributed by atoms with van der Waals surface area (Å²) in [6, 6.07) is 6.06. The number of hydrogen-bond donors (Lipinski definition) is 2. The topological polar surface area (TPSA) is 50.4 Å². The summed E-state index contributed by atoms with van der Waals surface area (Å²) < 4.78 is 5.37. The van der Waals surface area contributed by atoms with Crippen LogP contribution in [0.1, 0.15) is 26.3 Å². The Balaban J connectivity index is 2.71. The first-order chi connectivity index (χ1) is 8.52. The molecule has 4 nitrogen and oxygen atoms in total. The largest absolute Gasteiger partial charge is 0.380 e. The Hall–Kier alpha value is -1.55. The Morgan fingerprint density at radius 1 is 1.44 bits per heavy atom. The minimum atomic E-state index is -0.0628. The summed E-state index contributed by atoms with van der Waals surface area (Å²) in [6.45, 7) is 8.98. The molecule has 100 valence electrons. The van der Waals surface area contributed by atoms with Crippen LogP contribution in [0.3, 0.4) is 0 Å². The predicted octanol–water partition coefficient (Wildman–Crippen LogP) is 2.79. The monoisotopic (exact) mass is 250 g/mol. The number of rotatable bonds is 6. The van der Waals surface area contributed by atoms with Crippen LogP contribution in [0, 0.1) is 6.92 Å². The number of anilines is 2. The fourth-order valence-corrected chi connectivity index (χ4v) is 1.66. The van der Waals surface area contributed by atoms with E-state index in [0.29, 0.717) is 6.61 Å². The highest BCUT2D eigenvalue weighted by Gasteiger charge is 2.06. The molecule has 0 heterocycles. The average Bonchev–Trinajstić information content (AvgIpc) is 2.30. The lowest BCUT2D eigenvalue weighted by atomic mass is 10.1. The maximum atomic E-state index is 11.0. The highest BCUT2D eigenvalue weighted by Crippen LogP contribution is 2.21. The van der Waals surface area contributed by atoms with Crippen LogP contribution >= 0.6 is 0 Å². The molecule has 1 amide bonds. The zero-order chi connectivity index (χ0) is 13.5. The Labute approximate surface area is 109 Å². The van der Waals surface area contributed by atoms with Crippen LogP contribution < -0.4 is 10.6 Å². The van der Waals surface area contributed by atoms with Crippen LogP contribution in [0.2, 0.25) is 0 Å². The number of ether oxygens (including phenoxy) is 1. The first-order valence-electron chi connectivity index (χ1n) is 6.25. The van der Waals surface area contributed by atoms with Crippen molar-refractivity contribution in [1.82, 2.24) is 0 Å². The molecule has 1 aromatic carbocycles. The van der Waals surface area contributed by atoms with E-state index in [0.717, 1.165) is 23.5 Å². The van der Waals surface area contributed by atoms with Crippen LogP contribution in [0.25, 0.3) is 0 Å². The van der Waals surface area contributed by atoms with Crippen molar-refractivity contribution in [3.63, 3.8) is 0 Å². The number of hydrogen-bond acceptors (Lipinski definition) is 3. The standard InChI is InChI=1S/C14H22N2O2/c1-5-18-9-11(3)15-14-8-13(16-12(4)17)7-6-10(14)2/h6-8,11,15H,5,9H2,1-4H3,(H,16,17)/t11-/m1/s1. The summed E-state index contributed by atoms with van der Waals surface area (Å²) in [6.07, 6.45) is 0. The quantitative estimate of drug-likeness (QED) is 0.816. The third-order valence-electron chi connectivity index (χ3n) is 2.53. The lowest BCUT2D eigenvalue weighted by Gasteiger charge is -2.17. The van der Waals surface area contributed by atoms with Crippen molar-refractivity contribution in [2.45, 2.75) is 33.7 Å². The molecule has 0 fully saturated rings. The molecule has 0 spiro atoms. The van der Waals surface area contributed by atoms with Crippen molar-refractivity contribution in [2.75, 3.05) is 23.8 Å². The Morgan fingerprint density at radius 2 is 2.17 bits per heavy atom. The van der Waals surface area contributed by atoms with Crippen LogP contribution in [-0.4, -0.2) is 25.2 Å². The van der Waals surface area contributed by atoms with Gasteiger partial charge >= 0.3 is 0 Å². The van der Waals surface area contributed by atoms with E-state index in [4.69, 9.17) is 4.74 Å². The van der Waals surface area contributed by atoms with Crippen LogP contribution in [-0.2, 0) is 9.53 Å². The average molecular weight is 250 g/mol. The van der Waals surface area contributed by atoms with Gasteiger partial charge in [-0.3, -0.25) is 4.79 Å². The molecule has 4 heteroatoms. The zero-order valence-electron chi connectivity index (χ0n) is 11.5. The summed E-state index contributed by atoms with van der Waals surface area (Å²) in [5.41, 5.74) is 2.97. The van der Waals surface area contributed by atoms with Crippen molar-refractivity contribution in [2.24, 2.45) is 0 Å². The number of benzene rings is 1. The van der Waals surface area contributed by atoms with E-state index in [1.165, 1.54) is 6.92 Å². The highest BCUT2D eigenvalue weighted by molar-refractivity contribution is 5.89. The number of aryl methyl sites for hydroxylation is 1. The number of carbonyl (C=O) groups excluding carboxylic acids is 1. The molecule has 2 N–H and O–H groups in total. The van der Waals surface area contributed by atoms with Gasteiger partial charge in [0.15, 0.2) is 0 Å². The van der Waals surface area contributed by atoms with Crippen molar-refractivity contribution < 1.29 is 9.53 Å². The molecule has 18 heavy (non-hydrogen) atoms. The number of carbonyl (C=O) groups is 1. The fourth-order valence-electron chi connectivity index (χ4n) is 1.66. The molecule has 0 unspecified atom stereocenters. The number of nitrogens with one attached hydrogen (secondary N) is 2. The van der Waals surface area contributed by atoms with E-state index in [1.807, 2.05) is 32.0 Å². The second-order valence-electron chi connectivity index (χ2n) is 4.42. The molecule has 1 atom stereocenters. The summed E-state index contributed by atoms with van der Waals surface area (Å²) >= 11 is 0. The molecule has 0 aliphatic heterocycles. The van der Waals surface area contributed by atoms with Crippen LogP contribution in [0.5, 0.6) is 0 Å². The molecule has 1 rings (SSSR count). The summed E-state index contributed by atoms with van der Waals surface area (Å²) in [5, 5.41) is 6.16. The predicted molar refractivity (Wildman–Crippen MR) is 75.1 cm³/mol. The fraction of sp³-hybridized carbons (Fsp3) is 0.500. The van der Waals surface area contributed by atoms with E-state index in [-0.39, 0.29) is 11.9 Å². The third-order valence-corrected chi connectivity index (χ3v) is 2.53. The molecule has 0 aliphatic rings. The highest BCUT2D eigenvalue weighted by atomic mass is 16.5. The van der Waals surface area contributed by atoms with Gasteiger partial charge in [-0.1, -0.05) is 6.07 Å². The first-order valence-corrected chi connectivity index (χ1v) is 6.25. The second kappa shape index (κ2) is 7.01. The second-order valence-corrected chi connectivity index (χ2v) is 4.42. The van der Waals surface area contributed by atoms with Crippen molar-refractivity contribution in [1.29, 1.82) is 0 Å². The maximum Gasteiger partial charge on any atom is 0.221 e. The molecular weight excluding hydrogens is 228 g/mol. The van der Waals surface area contributed by atoms with E-state index in [2.05, 4.69) is 17.6 Å². The summed E-state index contributed by atoms with van der Waals surface area (Å²) in [4.78, 5) is 11.0. The summed E-state index contributed by atoms with van der Waals surface area (Å²) in [7, 11) is 0. The summed E-state index contributed by atoms with van der Waals surface area (Å²) in [5.74, 6) is -0.0628. The Bertz CT molecular complexity index is 405. The van der Waals surface area contributed by atoms with Crippen LogP contribution in [0.4, 0.5) is 11.4 Å². The number of amides is 1. The van der Waals surface area contributed by atoms with Gasteiger partial charge in [-0.25, -0.2) is 0 Å². The lowest BCUT2D eigenvalue weighted by Crippen LogP contribution is -2.22. The molecule has 1 aromatic rings. The normalized spacial score (nSPS) is 12.0. The smallest absolute Gasteiger partial charge is 0.221 e. The zero-order valence-corrected chi connectivity index (χ0v) is 11.5. The van der Waals surface area contributed by atoms with Gasteiger partial charge in [-0.05, 0) is 38.5 Å². The van der Waals surface area contributed by atoms with Gasteiger partial charge in [0.2, 0.25) is 5.91 Å². The van der Waals surface area contributed by atoms with Gasteiger partial charge in [0.25, 0.3) is 0 Å². The maximum absolute atomic E-state index is 11.0. The van der Waals surface area contributed by atoms with Gasteiger partial charge in [0.1, 0.15) is 0 Å². The molecule has 0 bridgehead atoms. The van der Waals surface area contributed by atoms with Gasteiger partial charge < -0.3 is 15.4 Å². The minimum Gasteiger partial charge on any atom is -0.380 e. The SMILES string of the molecule is CCOC[C@@H](C)Nc1cc(NC(C)=O)ccc1C. The minimum absolute atomic E-state index is 0.0628. The van der Waals surface area contributed by atoms with E-state index in [9.17, 15) is 4.79 Å². The van der Waals surface area contributed by atoms with Crippen molar-refractivity contribution in [3.05, 3.63) is 23.8 Å². The Kier molecular flexibility index (Phi) is 5.65. The van der Waals surface area contributed by atoms with Gasteiger partial charge in [-0.15, -0.1) is 0 Å². The van der Waals surface area contributed by atoms with Crippen LogP contribution in [0.15, 0.2) is 18.2 Å². The van der Waals surface area contributed by atoms with Gasteiger partial charge in [0.05, 0.1) is 6.61 Å². The first kappa shape index (κ1) is 14.5. The van der Waals surface area contributed by atoms with E-state index in [1.54, 1.807) is 0 Å². The van der Waals surface area contributed by atoms with Gasteiger partial charge in [-0.2, -0.15) is 0 Å². The Morgan fingerprint density at radius 3 is 2.78 bits per heavy atom. The molecule has 0 aromatic heterocycles. The molecule has 0 saturated heterocycles. The molecular formula is C14H22N2O2. The van der Waals surface area contributed by atoms with Crippen molar-refractivity contribution >= 4 is 17.3 Å².